The van der Waals surface area contributed by atoms with E-state index < -0.39 is 0 Å². The summed E-state index contributed by atoms with van der Waals surface area (Å²) < 4.78 is 5.12. The van der Waals surface area contributed by atoms with Gasteiger partial charge in [-0.05, 0) is 184 Å². The second kappa shape index (κ2) is 25.5. The predicted octanol–water partition coefficient (Wildman–Crippen LogP) is 26.8. The smallest absolute Gasteiger partial charge is 0.252 e. The topological polar surface area (TPSA) is 16.3 Å². The highest BCUT2D eigenvalue weighted by molar-refractivity contribution is 7.00. The van der Waals surface area contributed by atoms with Crippen molar-refractivity contribution in [1.29, 1.82) is 0 Å². The number of para-hydroxylation sites is 3. The third kappa shape index (κ3) is 11.6. The number of hydrogen-bond donors (Lipinski definition) is 0. The molecule has 0 bridgehead atoms. The fraction of sp³-hybridized carbons (Fsp3) is 0.192. The van der Waals surface area contributed by atoms with Crippen molar-refractivity contribution >= 4 is 101 Å². The molecule has 4 nitrogen and oxygen atoms in total. The van der Waals surface area contributed by atoms with Crippen LogP contribution in [-0.4, -0.2) is 15.8 Å². The number of fused-ring (bicyclic) bond motifs is 11. The summed E-state index contributed by atoms with van der Waals surface area (Å²) in [5.74, 6) is 0. The Kier molecular flexibility index (Phi) is 16.2. The summed E-state index contributed by atoms with van der Waals surface area (Å²) in [7, 11) is 0. The summed E-state index contributed by atoms with van der Waals surface area (Å²) in [6.07, 6.45) is 0. The van der Waals surface area contributed by atoms with Crippen molar-refractivity contribution in [2.45, 2.75) is 131 Å². The van der Waals surface area contributed by atoms with Gasteiger partial charge in [-0.3, -0.25) is 0 Å². The van der Waals surface area contributed by atoms with Crippen molar-refractivity contribution in [2.24, 2.45) is 0 Å². The van der Waals surface area contributed by atoms with E-state index in [0.717, 1.165) is 56.5 Å². The minimum Gasteiger partial charge on any atom is -0.310 e. The van der Waals surface area contributed by atoms with E-state index in [1.807, 2.05) is 0 Å². The molecular formula is C104H95BN4. The first-order valence-electron chi connectivity index (χ1n) is 39.1. The molecule has 2 aliphatic heterocycles. The molecule has 0 unspecified atom stereocenters. The van der Waals surface area contributed by atoms with E-state index in [4.69, 9.17) is 0 Å². The van der Waals surface area contributed by atoms with Gasteiger partial charge in [0.1, 0.15) is 0 Å². The maximum Gasteiger partial charge on any atom is 0.252 e. The zero-order valence-corrected chi connectivity index (χ0v) is 65.7. The molecule has 0 fully saturated rings. The SMILES string of the molecule is CC(C)(C)c1cc(-c2ccc3c(c2)N(c2c(-c4ccccc4)cc(C(C)(C)C)cc2-c2ccccc2)c2cc(C(C)(C)C)cc4c2B3c2ccc(-n3c5ccccc5c5ccc6c7ccccc7n(-c7ccccc7)c6c53)cc2N4c2c(-c3ccccc3)cc(C(C)(C)C)cc2-c2ccccc2)cc(C(C)(C)C)c1. The van der Waals surface area contributed by atoms with E-state index in [9.17, 15) is 0 Å². The second-order valence-electron chi connectivity index (χ2n) is 35.8. The van der Waals surface area contributed by atoms with Crippen molar-refractivity contribution in [3.63, 3.8) is 0 Å². The van der Waals surface area contributed by atoms with Gasteiger partial charge in [-0.2, -0.15) is 0 Å². The molecule has 0 saturated carbocycles. The molecular weight excluding hydrogens is 1320 g/mol. The van der Waals surface area contributed by atoms with Gasteiger partial charge in [0.05, 0.1) is 33.4 Å². The van der Waals surface area contributed by atoms with Crippen molar-refractivity contribution in [2.75, 3.05) is 9.80 Å². The molecule has 4 heterocycles. The summed E-state index contributed by atoms with van der Waals surface area (Å²) in [5, 5.41) is 4.85. The third-order valence-corrected chi connectivity index (χ3v) is 23.4. The van der Waals surface area contributed by atoms with Crippen LogP contribution in [0.2, 0.25) is 0 Å². The van der Waals surface area contributed by atoms with Gasteiger partial charge in [-0.15, -0.1) is 0 Å². The molecule has 2 aromatic heterocycles. The minimum absolute atomic E-state index is 0.102. The van der Waals surface area contributed by atoms with Crippen molar-refractivity contribution in [1.82, 2.24) is 9.13 Å². The van der Waals surface area contributed by atoms with Gasteiger partial charge in [0.15, 0.2) is 0 Å². The molecule has 14 aromatic carbocycles. The van der Waals surface area contributed by atoms with Crippen molar-refractivity contribution in [3.05, 3.63) is 331 Å². The molecule has 18 rings (SSSR count). The zero-order valence-electron chi connectivity index (χ0n) is 65.7. The Morgan fingerprint density at radius 1 is 0.229 bits per heavy atom. The summed E-state index contributed by atoms with van der Waals surface area (Å²) in [6, 6.07) is 117. The molecule has 0 radical (unpaired) electrons. The molecule has 0 atom stereocenters. The molecule has 0 aliphatic carbocycles. The normalized spacial score (nSPS) is 13.2. The number of hydrogen-bond acceptors (Lipinski definition) is 2. The largest absolute Gasteiger partial charge is 0.310 e. The van der Waals surface area contributed by atoms with Crippen LogP contribution in [0.25, 0.3) is 111 Å². The van der Waals surface area contributed by atoms with E-state index in [2.05, 4.69) is 426 Å². The highest BCUT2D eigenvalue weighted by atomic mass is 15.2. The molecule has 0 spiro atoms. The summed E-state index contributed by atoms with van der Waals surface area (Å²) in [4.78, 5) is 5.51. The first-order valence-corrected chi connectivity index (χ1v) is 39.1. The van der Waals surface area contributed by atoms with Crippen LogP contribution in [0, 0.1) is 0 Å². The first kappa shape index (κ1) is 69.1. The maximum absolute atomic E-state index is 2.76. The van der Waals surface area contributed by atoms with Crippen LogP contribution < -0.4 is 26.2 Å². The number of benzene rings is 14. The molecule has 5 heteroatoms. The first-order chi connectivity index (χ1) is 52.3. The fourth-order valence-electron chi connectivity index (χ4n) is 17.5. The second-order valence-corrected chi connectivity index (χ2v) is 35.8. The Bertz CT molecular complexity index is 6130. The molecule has 2 aliphatic rings. The average Bonchev–Trinajstić information content (AvgIpc) is 1.25. The maximum atomic E-state index is 2.76. The van der Waals surface area contributed by atoms with E-state index in [1.165, 1.54) is 132 Å². The average molecular weight is 1410 g/mol. The molecule has 0 saturated heterocycles. The van der Waals surface area contributed by atoms with Crippen LogP contribution in [0.5, 0.6) is 0 Å². The Labute approximate surface area is 644 Å². The molecule has 0 amide bonds. The zero-order chi connectivity index (χ0) is 75.4. The fourth-order valence-corrected chi connectivity index (χ4v) is 17.5. The van der Waals surface area contributed by atoms with E-state index >= 15 is 0 Å². The van der Waals surface area contributed by atoms with Crippen LogP contribution in [0.4, 0.5) is 34.1 Å². The van der Waals surface area contributed by atoms with E-state index in [0.29, 0.717) is 0 Å². The van der Waals surface area contributed by atoms with Gasteiger partial charge in [0.2, 0.25) is 0 Å². The van der Waals surface area contributed by atoms with Crippen LogP contribution in [-0.2, 0) is 27.1 Å². The van der Waals surface area contributed by atoms with Crippen LogP contribution in [0.1, 0.15) is 132 Å². The summed E-state index contributed by atoms with van der Waals surface area (Å²) in [5.41, 5.74) is 34.8. The third-order valence-electron chi connectivity index (χ3n) is 23.4. The lowest BCUT2D eigenvalue weighted by Gasteiger charge is -2.47. The van der Waals surface area contributed by atoms with Gasteiger partial charge in [-0.25, -0.2) is 0 Å². The van der Waals surface area contributed by atoms with Gasteiger partial charge in [0.25, 0.3) is 6.71 Å². The molecule has 109 heavy (non-hydrogen) atoms. The highest BCUT2D eigenvalue weighted by Gasteiger charge is 2.47. The van der Waals surface area contributed by atoms with Gasteiger partial charge < -0.3 is 18.9 Å². The Hall–Kier alpha value is -11.7. The molecule has 0 N–H and O–H groups in total. The monoisotopic (exact) mass is 1410 g/mol. The van der Waals surface area contributed by atoms with Gasteiger partial charge in [-0.1, -0.05) is 328 Å². The van der Waals surface area contributed by atoms with Crippen molar-refractivity contribution in [3.8, 4) is 67.0 Å². The highest BCUT2D eigenvalue weighted by Crippen LogP contribution is 2.56. The Balaban J connectivity index is 1.04. The lowest BCUT2D eigenvalue weighted by Crippen LogP contribution is -2.61. The Morgan fingerprint density at radius 2 is 0.560 bits per heavy atom. The van der Waals surface area contributed by atoms with Crippen LogP contribution in [0.15, 0.2) is 303 Å². The van der Waals surface area contributed by atoms with Gasteiger partial charge >= 0.3 is 0 Å². The van der Waals surface area contributed by atoms with Crippen LogP contribution in [0.3, 0.4) is 0 Å². The number of aromatic nitrogens is 2. The van der Waals surface area contributed by atoms with Gasteiger partial charge in [0, 0.05) is 77.9 Å². The summed E-state index contributed by atoms with van der Waals surface area (Å²) in [6.45, 7) is 35.3. The van der Waals surface area contributed by atoms with Crippen LogP contribution >= 0.6 is 0 Å². The number of rotatable bonds is 9. The molecule has 16 aromatic rings. The molecule has 534 valence electrons. The number of anilines is 6. The number of nitrogens with zero attached hydrogens (tertiary/aromatic N) is 4. The van der Waals surface area contributed by atoms with E-state index in [-0.39, 0.29) is 33.8 Å². The summed E-state index contributed by atoms with van der Waals surface area (Å²) >= 11 is 0. The Morgan fingerprint density at radius 3 is 0.954 bits per heavy atom. The quantitative estimate of drug-likeness (QED) is 0.134. The minimum atomic E-state index is -0.341. The standard InChI is InChI=1S/C104H95BN4/c1-100(2,3)72-55-71(56-73(58-72)101(4,5)6)70-49-53-87-91(57-70)108(96-83(66-35-21-16-22-36-66)59-74(102(7,8)9)60-84(96)67-37-23-17-24-38-67)93-63-76(104(13,14)15)64-94-95(93)105(87)88-54-50-78(65-92(88)109(94)97-85(68-39-25-18-26-40-68)61-75(103(10,11)12)62-86(97)69-41-27-19-28-42-69)107-90-48-34-32-46-80(90)82-52-51-81-79-45-31-33-47-89(79)106(98(81)99(82)107)77-43-29-20-30-44-77/h16-65H,1-15H3. The predicted molar refractivity (Wildman–Crippen MR) is 470 cm³/mol. The lowest BCUT2D eigenvalue weighted by molar-refractivity contribution is 0.569. The van der Waals surface area contributed by atoms with E-state index in [1.54, 1.807) is 0 Å². The lowest BCUT2D eigenvalue weighted by atomic mass is 9.33. The van der Waals surface area contributed by atoms with Crippen molar-refractivity contribution < 1.29 is 0 Å².